The molecule has 3 nitrogen and oxygen atoms in total. The third-order valence-corrected chi connectivity index (χ3v) is 3.80. The molecule has 2 rings (SSSR count). The molecule has 106 valence electrons. The van der Waals surface area contributed by atoms with Gasteiger partial charge in [-0.3, -0.25) is 0 Å². The lowest BCUT2D eigenvalue weighted by molar-refractivity contribution is 0.0203. The van der Waals surface area contributed by atoms with Gasteiger partial charge in [0.25, 0.3) is 0 Å². The normalized spacial score (nSPS) is 19.7. The second kappa shape index (κ2) is 6.92. The average Bonchev–Trinajstić information content (AvgIpc) is 2.46. The van der Waals surface area contributed by atoms with E-state index in [0.717, 1.165) is 13.2 Å². The summed E-state index contributed by atoms with van der Waals surface area (Å²) in [6.07, 6.45) is 4.07. The Morgan fingerprint density at radius 2 is 2.00 bits per heavy atom. The first-order valence-electron chi connectivity index (χ1n) is 7.38. The lowest BCUT2D eigenvalue weighted by atomic mass is 10.1. The van der Waals surface area contributed by atoms with E-state index in [0.29, 0.717) is 18.7 Å². The number of rotatable bonds is 5. The van der Waals surface area contributed by atoms with E-state index in [2.05, 4.69) is 43.0 Å². The minimum Gasteiger partial charge on any atom is -0.376 e. The summed E-state index contributed by atoms with van der Waals surface area (Å²) < 4.78 is 5.86. The van der Waals surface area contributed by atoms with Crippen LogP contribution in [0.5, 0.6) is 0 Å². The summed E-state index contributed by atoms with van der Waals surface area (Å²) in [6.45, 7) is 6.98. The molecule has 19 heavy (non-hydrogen) atoms. The van der Waals surface area contributed by atoms with Crippen LogP contribution in [-0.2, 0) is 11.3 Å². The molecule has 1 heterocycles. The standard InChI is InChI=1S/C16H26N2O/c1-13(2)18(12-16-5-3-4-10-19-16)15-8-6-14(11-17)7-9-15/h6-9,13,16H,3-5,10-12,17H2,1-2H3. The van der Waals surface area contributed by atoms with Crippen LogP contribution in [0.4, 0.5) is 5.69 Å². The number of nitrogens with zero attached hydrogens (tertiary/aromatic N) is 1. The Morgan fingerprint density at radius 3 is 2.53 bits per heavy atom. The van der Waals surface area contributed by atoms with Crippen molar-refractivity contribution in [1.29, 1.82) is 0 Å². The highest BCUT2D eigenvalue weighted by atomic mass is 16.5. The van der Waals surface area contributed by atoms with Crippen molar-refractivity contribution in [2.24, 2.45) is 5.73 Å². The first-order chi connectivity index (χ1) is 9.20. The van der Waals surface area contributed by atoms with Gasteiger partial charge in [0.1, 0.15) is 0 Å². The molecule has 1 aromatic rings. The van der Waals surface area contributed by atoms with Gasteiger partial charge in [0.05, 0.1) is 6.10 Å². The summed E-state index contributed by atoms with van der Waals surface area (Å²) in [5, 5.41) is 0. The fourth-order valence-corrected chi connectivity index (χ4v) is 2.61. The Hall–Kier alpha value is -1.06. The number of benzene rings is 1. The van der Waals surface area contributed by atoms with Gasteiger partial charge in [0.2, 0.25) is 0 Å². The Bertz CT molecular complexity index is 369. The van der Waals surface area contributed by atoms with E-state index in [1.165, 1.54) is 30.5 Å². The highest BCUT2D eigenvalue weighted by Gasteiger charge is 2.19. The summed E-state index contributed by atoms with van der Waals surface area (Å²) in [7, 11) is 0. The molecule has 1 unspecified atom stereocenters. The predicted octanol–water partition coefficient (Wildman–Crippen LogP) is 2.93. The first-order valence-corrected chi connectivity index (χ1v) is 7.38. The molecule has 1 aliphatic rings. The second-order valence-electron chi connectivity index (χ2n) is 5.61. The number of ether oxygens (including phenoxy) is 1. The van der Waals surface area contributed by atoms with Gasteiger partial charge in [-0.2, -0.15) is 0 Å². The predicted molar refractivity (Wildman–Crippen MR) is 80.4 cm³/mol. The molecule has 0 aliphatic carbocycles. The van der Waals surface area contributed by atoms with Crippen molar-refractivity contribution in [2.75, 3.05) is 18.1 Å². The fourth-order valence-electron chi connectivity index (χ4n) is 2.61. The van der Waals surface area contributed by atoms with Gasteiger partial charge in [0, 0.05) is 31.4 Å². The maximum atomic E-state index is 5.86. The summed E-state index contributed by atoms with van der Waals surface area (Å²) in [5.74, 6) is 0. The first kappa shape index (κ1) is 14.4. The van der Waals surface area contributed by atoms with E-state index in [4.69, 9.17) is 10.5 Å². The second-order valence-corrected chi connectivity index (χ2v) is 5.61. The van der Waals surface area contributed by atoms with Crippen molar-refractivity contribution < 1.29 is 4.74 Å². The number of hydrogen-bond acceptors (Lipinski definition) is 3. The minimum atomic E-state index is 0.380. The van der Waals surface area contributed by atoms with Crippen LogP contribution in [0.15, 0.2) is 24.3 Å². The molecule has 0 bridgehead atoms. The molecule has 0 amide bonds. The highest BCUT2D eigenvalue weighted by molar-refractivity contribution is 5.48. The molecule has 0 spiro atoms. The zero-order valence-corrected chi connectivity index (χ0v) is 12.1. The van der Waals surface area contributed by atoms with E-state index in [9.17, 15) is 0 Å². The Kier molecular flexibility index (Phi) is 5.23. The van der Waals surface area contributed by atoms with Crippen molar-refractivity contribution >= 4 is 5.69 Å². The van der Waals surface area contributed by atoms with E-state index < -0.39 is 0 Å². The van der Waals surface area contributed by atoms with Crippen LogP contribution in [0, 0.1) is 0 Å². The SMILES string of the molecule is CC(C)N(CC1CCCCO1)c1ccc(CN)cc1. The highest BCUT2D eigenvalue weighted by Crippen LogP contribution is 2.21. The summed E-state index contributed by atoms with van der Waals surface area (Å²) in [4.78, 5) is 2.43. The quantitative estimate of drug-likeness (QED) is 0.886. The van der Waals surface area contributed by atoms with Gasteiger partial charge >= 0.3 is 0 Å². The lowest BCUT2D eigenvalue weighted by Crippen LogP contribution is -2.40. The summed E-state index contributed by atoms with van der Waals surface area (Å²) in [5.41, 5.74) is 8.10. The van der Waals surface area contributed by atoms with Crippen molar-refractivity contribution in [3.63, 3.8) is 0 Å². The zero-order chi connectivity index (χ0) is 13.7. The fraction of sp³-hybridized carbons (Fsp3) is 0.625. The van der Waals surface area contributed by atoms with Gasteiger partial charge in [-0.15, -0.1) is 0 Å². The van der Waals surface area contributed by atoms with Crippen molar-refractivity contribution in [3.8, 4) is 0 Å². The van der Waals surface area contributed by atoms with Crippen molar-refractivity contribution in [1.82, 2.24) is 0 Å². The number of hydrogen-bond donors (Lipinski definition) is 1. The van der Waals surface area contributed by atoms with Gasteiger partial charge in [0.15, 0.2) is 0 Å². The van der Waals surface area contributed by atoms with Crippen molar-refractivity contribution in [2.45, 2.75) is 51.8 Å². The lowest BCUT2D eigenvalue weighted by Gasteiger charge is -2.34. The molecule has 0 saturated carbocycles. The third-order valence-electron chi connectivity index (χ3n) is 3.80. The number of anilines is 1. The molecule has 1 atom stereocenters. The Labute approximate surface area is 116 Å². The molecule has 3 heteroatoms. The molecular formula is C16H26N2O. The Balaban J connectivity index is 2.05. The van der Waals surface area contributed by atoms with E-state index in [1.54, 1.807) is 0 Å². The average molecular weight is 262 g/mol. The van der Waals surface area contributed by atoms with Gasteiger partial charge in [-0.1, -0.05) is 12.1 Å². The largest absolute Gasteiger partial charge is 0.376 e. The van der Waals surface area contributed by atoms with E-state index in [1.807, 2.05) is 0 Å². The number of nitrogens with two attached hydrogens (primary N) is 1. The molecule has 1 aliphatic heterocycles. The molecule has 2 N–H and O–H groups in total. The Morgan fingerprint density at radius 1 is 1.26 bits per heavy atom. The van der Waals surface area contributed by atoms with Crippen LogP contribution < -0.4 is 10.6 Å². The maximum absolute atomic E-state index is 5.86. The monoisotopic (exact) mass is 262 g/mol. The van der Waals surface area contributed by atoms with Crippen LogP contribution in [-0.4, -0.2) is 25.3 Å². The van der Waals surface area contributed by atoms with Crippen LogP contribution in [0.3, 0.4) is 0 Å². The molecular weight excluding hydrogens is 236 g/mol. The van der Waals surface area contributed by atoms with E-state index >= 15 is 0 Å². The molecule has 0 radical (unpaired) electrons. The zero-order valence-electron chi connectivity index (χ0n) is 12.1. The summed E-state index contributed by atoms with van der Waals surface area (Å²) >= 11 is 0. The summed E-state index contributed by atoms with van der Waals surface area (Å²) in [6, 6.07) is 9.06. The molecule has 1 saturated heterocycles. The molecule has 1 aromatic carbocycles. The minimum absolute atomic E-state index is 0.380. The smallest absolute Gasteiger partial charge is 0.0750 e. The van der Waals surface area contributed by atoms with Gasteiger partial charge < -0.3 is 15.4 Å². The van der Waals surface area contributed by atoms with Crippen LogP contribution in [0.25, 0.3) is 0 Å². The van der Waals surface area contributed by atoms with Crippen LogP contribution >= 0.6 is 0 Å². The topological polar surface area (TPSA) is 38.5 Å². The maximum Gasteiger partial charge on any atom is 0.0750 e. The molecule has 1 fully saturated rings. The van der Waals surface area contributed by atoms with Crippen LogP contribution in [0.1, 0.15) is 38.7 Å². The van der Waals surface area contributed by atoms with E-state index in [-0.39, 0.29) is 0 Å². The van der Waals surface area contributed by atoms with Gasteiger partial charge in [-0.25, -0.2) is 0 Å². The third kappa shape index (κ3) is 3.95. The van der Waals surface area contributed by atoms with Crippen molar-refractivity contribution in [3.05, 3.63) is 29.8 Å². The van der Waals surface area contributed by atoms with Crippen LogP contribution in [0.2, 0.25) is 0 Å². The molecule has 0 aromatic heterocycles. The van der Waals surface area contributed by atoms with Gasteiger partial charge in [-0.05, 0) is 50.8 Å².